The van der Waals surface area contributed by atoms with Gasteiger partial charge < -0.3 is 15.6 Å². The van der Waals surface area contributed by atoms with Crippen LogP contribution in [0.4, 0.5) is 5.95 Å². The average Bonchev–Trinajstić information content (AvgIpc) is 2.71. The quantitative estimate of drug-likeness (QED) is 0.740. The first-order valence-corrected chi connectivity index (χ1v) is 6.19. The van der Waals surface area contributed by atoms with Gasteiger partial charge in [-0.3, -0.25) is 0 Å². The molecule has 2 aromatic rings. The topological polar surface area (TPSA) is 52.7 Å². The number of aromatic amines is 1. The lowest BCUT2D eigenvalue weighted by molar-refractivity contribution is 0.363. The molecule has 1 aliphatic rings. The Labute approximate surface area is 101 Å². The minimum Gasteiger partial charge on any atom is -0.351 e. The number of hydrogen-bond donors (Lipinski definition) is 3. The van der Waals surface area contributed by atoms with Crippen molar-refractivity contribution < 1.29 is 0 Å². The minimum absolute atomic E-state index is 0.152. The maximum absolute atomic E-state index is 4.56. The molecule has 0 radical (unpaired) electrons. The third-order valence-electron chi connectivity index (χ3n) is 3.52. The van der Waals surface area contributed by atoms with Crippen molar-refractivity contribution >= 4 is 17.0 Å². The molecule has 1 fully saturated rings. The first kappa shape index (κ1) is 10.6. The van der Waals surface area contributed by atoms with E-state index in [1.165, 1.54) is 0 Å². The summed E-state index contributed by atoms with van der Waals surface area (Å²) in [5, 5.41) is 6.92. The molecule has 0 bridgehead atoms. The van der Waals surface area contributed by atoms with Crippen molar-refractivity contribution in [1.29, 1.82) is 0 Å². The second-order valence-corrected chi connectivity index (χ2v) is 5.04. The van der Waals surface area contributed by atoms with Crippen LogP contribution in [-0.4, -0.2) is 28.6 Å². The summed E-state index contributed by atoms with van der Waals surface area (Å²) in [6, 6.07) is 8.12. The zero-order valence-electron chi connectivity index (χ0n) is 10.1. The van der Waals surface area contributed by atoms with Crippen LogP contribution in [0.15, 0.2) is 24.3 Å². The molecular formula is C13H18N4. The van der Waals surface area contributed by atoms with Crippen molar-refractivity contribution in [3.8, 4) is 0 Å². The molecule has 3 N–H and O–H groups in total. The molecule has 0 spiro atoms. The molecule has 4 heteroatoms. The van der Waals surface area contributed by atoms with Crippen molar-refractivity contribution in [3.05, 3.63) is 24.3 Å². The zero-order valence-corrected chi connectivity index (χ0v) is 10.1. The van der Waals surface area contributed by atoms with Crippen LogP contribution >= 0.6 is 0 Å². The lowest BCUT2D eigenvalue weighted by Gasteiger charge is -2.34. The fraction of sp³-hybridized carbons (Fsp3) is 0.462. The smallest absolute Gasteiger partial charge is 0.201 e. The number of rotatable bonds is 2. The molecule has 0 atom stereocenters. The summed E-state index contributed by atoms with van der Waals surface area (Å²) in [7, 11) is 0. The number of anilines is 1. The van der Waals surface area contributed by atoms with E-state index in [4.69, 9.17) is 0 Å². The maximum atomic E-state index is 4.56. The van der Waals surface area contributed by atoms with E-state index < -0.39 is 0 Å². The normalized spacial score (nSPS) is 19.4. The van der Waals surface area contributed by atoms with E-state index in [1.807, 2.05) is 18.2 Å². The molecule has 2 heterocycles. The lowest BCUT2D eigenvalue weighted by atomic mass is 9.91. The van der Waals surface area contributed by atoms with Crippen LogP contribution in [0, 0.1) is 0 Å². The molecule has 1 aromatic heterocycles. The van der Waals surface area contributed by atoms with E-state index in [0.29, 0.717) is 0 Å². The van der Waals surface area contributed by atoms with Gasteiger partial charge in [-0.2, -0.15) is 0 Å². The molecule has 1 saturated heterocycles. The Bertz CT molecular complexity index is 478. The van der Waals surface area contributed by atoms with Gasteiger partial charge in [-0.15, -0.1) is 0 Å². The summed E-state index contributed by atoms with van der Waals surface area (Å²) >= 11 is 0. The van der Waals surface area contributed by atoms with Crippen molar-refractivity contribution in [1.82, 2.24) is 15.3 Å². The van der Waals surface area contributed by atoms with Crippen molar-refractivity contribution in [2.45, 2.75) is 25.3 Å². The molecule has 1 aromatic carbocycles. The van der Waals surface area contributed by atoms with Crippen molar-refractivity contribution in [3.63, 3.8) is 0 Å². The highest BCUT2D eigenvalue weighted by Crippen LogP contribution is 2.23. The summed E-state index contributed by atoms with van der Waals surface area (Å²) in [6.45, 7) is 4.41. The van der Waals surface area contributed by atoms with Gasteiger partial charge in [-0.25, -0.2) is 4.98 Å². The van der Waals surface area contributed by atoms with Crippen LogP contribution < -0.4 is 10.6 Å². The summed E-state index contributed by atoms with van der Waals surface area (Å²) < 4.78 is 0. The number of nitrogens with one attached hydrogen (secondary N) is 3. The number of nitrogens with zero attached hydrogens (tertiary/aromatic N) is 1. The van der Waals surface area contributed by atoms with Gasteiger partial charge in [0, 0.05) is 5.54 Å². The molecule has 1 aliphatic heterocycles. The second-order valence-electron chi connectivity index (χ2n) is 5.04. The van der Waals surface area contributed by atoms with Gasteiger partial charge in [0.25, 0.3) is 0 Å². The fourth-order valence-electron chi connectivity index (χ4n) is 2.40. The number of imidazole rings is 1. The van der Waals surface area contributed by atoms with Gasteiger partial charge in [0.15, 0.2) is 0 Å². The van der Waals surface area contributed by atoms with E-state index in [2.05, 4.69) is 33.6 Å². The average molecular weight is 230 g/mol. The van der Waals surface area contributed by atoms with Crippen molar-refractivity contribution in [2.75, 3.05) is 18.4 Å². The number of H-pyrrole nitrogens is 1. The third-order valence-corrected chi connectivity index (χ3v) is 3.52. The Morgan fingerprint density at radius 2 is 2.00 bits per heavy atom. The van der Waals surface area contributed by atoms with Crippen LogP contribution in [0.25, 0.3) is 11.0 Å². The molecule has 0 unspecified atom stereocenters. The van der Waals surface area contributed by atoms with Gasteiger partial charge in [0.2, 0.25) is 5.95 Å². The monoisotopic (exact) mass is 230 g/mol. The zero-order chi connectivity index (χ0) is 11.7. The summed E-state index contributed by atoms with van der Waals surface area (Å²) in [6.07, 6.45) is 2.26. The molecular weight excluding hydrogens is 212 g/mol. The van der Waals surface area contributed by atoms with E-state index in [0.717, 1.165) is 42.9 Å². The molecule has 4 nitrogen and oxygen atoms in total. The molecule has 0 amide bonds. The van der Waals surface area contributed by atoms with Gasteiger partial charge in [-0.05, 0) is 45.0 Å². The molecule has 3 rings (SSSR count). The van der Waals surface area contributed by atoms with Gasteiger partial charge in [0.05, 0.1) is 11.0 Å². The van der Waals surface area contributed by atoms with E-state index in [9.17, 15) is 0 Å². The van der Waals surface area contributed by atoms with Gasteiger partial charge in [-0.1, -0.05) is 12.1 Å². The Morgan fingerprint density at radius 1 is 1.24 bits per heavy atom. The number of benzene rings is 1. The minimum atomic E-state index is 0.152. The SMILES string of the molecule is CC1(Nc2nc3ccccc3[nH]2)CCNCC1. The second kappa shape index (κ2) is 4.04. The standard InChI is InChI=1S/C13H18N4/c1-13(6-8-14-9-7-13)17-12-15-10-4-2-3-5-11(10)16-12/h2-5,14H,6-9H2,1H3,(H2,15,16,17). The van der Waals surface area contributed by atoms with E-state index in [1.54, 1.807) is 0 Å². The summed E-state index contributed by atoms with van der Waals surface area (Å²) in [5.41, 5.74) is 2.26. The van der Waals surface area contributed by atoms with Gasteiger partial charge in [0.1, 0.15) is 0 Å². The maximum Gasteiger partial charge on any atom is 0.201 e. The predicted octanol–water partition coefficient (Wildman–Crippen LogP) is 2.12. The Morgan fingerprint density at radius 3 is 2.76 bits per heavy atom. The number of aromatic nitrogens is 2. The molecule has 17 heavy (non-hydrogen) atoms. The van der Waals surface area contributed by atoms with E-state index >= 15 is 0 Å². The lowest BCUT2D eigenvalue weighted by Crippen LogP contribution is -2.45. The summed E-state index contributed by atoms with van der Waals surface area (Å²) in [5.74, 6) is 0.885. The number of piperidine rings is 1. The summed E-state index contributed by atoms with van der Waals surface area (Å²) in [4.78, 5) is 7.89. The van der Waals surface area contributed by atoms with Crippen LogP contribution in [0.1, 0.15) is 19.8 Å². The van der Waals surface area contributed by atoms with Gasteiger partial charge >= 0.3 is 0 Å². The van der Waals surface area contributed by atoms with E-state index in [-0.39, 0.29) is 5.54 Å². The largest absolute Gasteiger partial charge is 0.351 e. The molecule has 90 valence electrons. The van der Waals surface area contributed by atoms with Crippen LogP contribution in [-0.2, 0) is 0 Å². The number of para-hydroxylation sites is 2. The number of fused-ring (bicyclic) bond motifs is 1. The third kappa shape index (κ3) is 2.13. The molecule has 0 saturated carbocycles. The number of hydrogen-bond acceptors (Lipinski definition) is 3. The first-order chi connectivity index (χ1) is 8.25. The fourth-order valence-corrected chi connectivity index (χ4v) is 2.40. The Balaban J connectivity index is 1.84. The highest BCUT2D eigenvalue weighted by Gasteiger charge is 2.27. The highest BCUT2D eigenvalue weighted by atomic mass is 15.2. The predicted molar refractivity (Wildman–Crippen MR) is 70.2 cm³/mol. The Kier molecular flexibility index (Phi) is 2.52. The van der Waals surface area contributed by atoms with Crippen LogP contribution in [0.3, 0.4) is 0 Å². The van der Waals surface area contributed by atoms with Crippen LogP contribution in [0.2, 0.25) is 0 Å². The first-order valence-electron chi connectivity index (χ1n) is 6.19. The highest BCUT2D eigenvalue weighted by molar-refractivity contribution is 5.77. The molecule has 0 aliphatic carbocycles. The Hall–Kier alpha value is -1.55. The van der Waals surface area contributed by atoms with Crippen molar-refractivity contribution in [2.24, 2.45) is 0 Å². The van der Waals surface area contributed by atoms with Crippen LogP contribution in [0.5, 0.6) is 0 Å².